The number of nitrogens with zero attached hydrogens (tertiary/aromatic N) is 4. The Kier molecular flexibility index (Phi) is 3.18. The van der Waals surface area contributed by atoms with E-state index in [9.17, 15) is 4.79 Å². The molecule has 0 aliphatic carbocycles. The number of aliphatic carboxylic acids is 1. The molecule has 0 aromatic carbocycles. The second-order valence-electron chi connectivity index (χ2n) is 4.55. The van der Waals surface area contributed by atoms with Crippen molar-refractivity contribution in [3.8, 4) is 0 Å². The molecule has 0 amide bonds. The number of hydrogen-bond acceptors (Lipinski definition) is 4. The number of carbonyl (C=O) groups is 1. The molecule has 96 valence electrons. The molecule has 0 saturated carbocycles. The molecule has 2 aromatic rings. The maximum Gasteiger partial charge on any atom is 0.323 e. The molecule has 1 N–H and O–H groups in total. The molecule has 0 atom stereocenters. The predicted octanol–water partition coefficient (Wildman–Crippen LogP) is 1.37. The van der Waals surface area contributed by atoms with Crippen molar-refractivity contribution in [3.63, 3.8) is 0 Å². The first-order valence-electron chi connectivity index (χ1n) is 5.76. The van der Waals surface area contributed by atoms with Crippen LogP contribution in [0.2, 0.25) is 0 Å². The Morgan fingerprint density at radius 2 is 2.28 bits per heavy atom. The molecule has 0 unspecified atom stereocenters. The van der Waals surface area contributed by atoms with Crippen LogP contribution in [0, 0.1) is 0 Å². The lowest BCUT2D eigenvalue weighted by Crippen LogP contribution is -2.26. The van der Waals surface area contributed by atoms with Gasteiger partial charge in [-0.05, 0) is 12.0 Å². The van der Waals surface area contributed by atoms with Crippen molar-refractivity contribution in [1.82, 2.24) is 14.6 Å². The second kappa shape index (κ2) is 4.64. The molecule has 2 aromatic heterocycles. The number of carboxylic acid groups (broad SMARTS) is 1. The first-order valence-corrected chi connectivity index (χ1v) is 5.76. The lowest BCUT2D eigenvalue weighted by Gasteiger charge is -2.15. The van der Waals surface area contributed by atoms with Gasteiger partial charge in [0.1, 0.15) is 12.1 Å². The maximum absolute atomic E-state index is 10.7. The molecule has 6 nitrogen and oxygen atoms in total. The van der Waals surface area contributed by atoms with E-state index >= 15 is 0 Å². The monoisotopic (exact) mass is 248 g/mol. The summed E-state index contributed by atoms with van der Waals surface area (Å²) >= 11 is 0. The molecule has 0 fully saturated rings. The maximum atomic E-state index is 10.7. The third-order valence-electron chi connectivity index (χ3n) is 2.71. The quantitative estimate of drug-likeness (QED) is 0.885. The van der Waals surface area contributed by atoms with Gasteiger partial charge in [-0.3, -0.25) is 4.79 Å². The van der Waals surface area contributed by atoms with E-state index in [4.69, 9.17) is 5.11 Å². The molecule has 18 heavy (non-hydrogen) atoms. The minimum Gasteiger partial charge on any atom is -0.480 e. The highest BCUT2D eigenvalue weighted by atomic mass is 16.4. The lowest BCUT2D eigenvalue weighted by atomic mass is 10.1. The van der Waals surface area contributed by atoms with Gasteiger partial charge in [0.25, 0.3) is 0 Å². The second-order valence-corrected chi connectivity index (χ2v) is 4.55. The zero-order valence-corrected chi connectivity index (χ0v) is 10.7. The molecule has 0 bridgehead atoms. The zero-order valence-electron chi connectivity index (χ0n) is 10.7. The van der Waals surface area contributed by atoms with E-state index in [1.54, 1.807) is 28.9 Å². The first kappa shape index (κ1) is 12.3. The van der Waals surface area contributed by atoms with Crippen LogP contribution in [-0.2, 0) is 4.79 Å². The van der Waals surface area contributed by atoms with Gasteiger partial charge in [0, 0.05) is 19.4 Å². The van der Waals surface area contributed by atoms with Crippen LogP contribution in [0.4, 0.5) is 5.82 Å². The summed E-state index contributed by atoms with van der Waals surface area (Å²) in [6.45, 7) is 4.04. The molecule has 2 rings (SSSR count). The summed E-state index contributed by atoms with van der Waals surface area (Å²) < 4.78 is 1.73. The third-order valence-corrected chi connectivity index (χ3v) is 2.71. The molecule has 0 aliphatic heterocycles. The molecular formula is C12H16N4O2. The van der Waals surface area contributed by atoms with Gasteiger partial charge in [-0.2, -0.15) is 5.10 Å². The summed E-state index contributed by atoms with van der Waals surface area (Å²) in [5.74, 6) is 0.0618. The topological polar surface area (TPSA) is 70.7 Å². The van der Waals surface area contributed by atoms with Crippen molar-refractivity contribution < 1.29 is 9.90 Å². The summed E-state index contributed by atoms with van der Waals surface area (Å²) in [7, 11) is 1.71. The fourth-order valence-corrected chi connectivity index (χ4v) is 1.78. The average molecular weight is 248 g/mol. The van der Waals surface area contributed by atoms with Crippen molar-refractivity contribution in [1.29, 1.82) is 0 Å². The van der Waals surface area contributed by atoms with Crippen LogP contribution >= 0.6 is 0 Å². The fraction of sp³-hybridized carbons (Fsp3) is 0.417. The van der Waals surface area contributed by atoms with E-state index in [-0.39, 0.29) is 6.54 Å². The molecular weight excluding hydrogens is 232 g/mol. The van der Waals surface area contributed by atoms with Gasteiger partial charge in [-0.1, -0.05) is 13.8 Å². The van der Waals surface area contributed by atoms with Gasteiger partial charge >= 0.3 is 5.97 Å². The van der Waals surface area contributed by atoms with Gasteiger partial charge in [0.05, 0.1) is 5.69 Å². The van der Waals surface area contributed by atoms with Crippen molar-refractivity contribution in [2.24, 2.45) is 0 Å². The van der Waals surface area contributed by atoms with Gasteiger partial charge in [-0.25, -0.2) is 9.50 Å². The Labute approximate surface area is 105 Å². The third kappa shape index (κ3) is 2.27. The summed E-state index contributed by atoms with van der Waals surface area (Å²) in [5, 5.41) is 13.3. The molecule has 0 aliphatic rings. The number of likely N-dealkylation sites (N-methyl/N-ethyl adjacent to an activating group) is 1. The van der Waals surface area contributed by atoms with E-state index in [0.29, 0.717) is 11.7 Å². The highest BCUT2D eigenvalue weighted by Crippen LogP contribution is 2.21. The Morgan fingerprint density at radius 1 is 1.56 bits per heavy atom. The summed E-state index contributed by atoms with van der Waals surface area (Å²) in [6, 6.07) is 1.95. The number of aromatic nitrogens is 3. The van der Waals surface area contributed by atoms with E-state index in [1.807, 2.05) is 6.07 Å². The Bertz CT molecular complexity index is 576. The number of rotatable bonds is 4. The van der Waals surface area contributed by atoms with E-state index in [0.717, 1.165) is 11.2 Å². The van der Waals surface area contributed by atoms with Gasteiger partial charge < -0.3 is 10.0 Å². The normalized spacial score (nSPS) is 11.1. The van der Waals surface area contributed by atoms with Crippen molar-refractivity contribution in [2.75, 3.05) is 18.5 Å². The van der Waals surface area contributed by atoms with Crippen molar-refractivity contribution >= 4 is 17.3 Å². The van der Waals surface area contributed by atoms with Crippen molar-refractivity contribution in [3.05, 3.63) is 24.2 Å². The predicted molar refractivity (Wildman–Crippen MR) is 68.0 cm³/mol. The smallest absolute Gasteiger partial charge is 0.323 e. The molecule has 6 heteroatoms. The van der Waals surface area contributed by atoms with E-state index < -0.39 is 5.97 Å². The summed E-state index contributed by atoms with van der Waals surface area (Å²) in [4.78, 5) is 16.6. The Balaban J connectivity index is 2.47. The minimum absolute atomic E-state index is 0.0884. The first-order chi connectivity index (χ1) is 8.49. The number of anilines is 1. The van der Waals surface area contributed by atoms with Gasteiger partial charge in [0.2, 0.25) is 0 Å². The summed E-state index contributed by atoms with van der Waals surface area (Å²) in [6.07, 6.45) is 3.39. The van der Waals surface area contributed by atoms with Crippen LogP contribution in [0.1, 0.15) is 25.5 Å². The van der Waals surface area contributed by atoms with Gasteiger partial charge in [0.15, 0.2) is 5.82 Å². The minimum atomic E-state index is -0.884. The van der Waals surface area contributed by atoms with Crippen LogP contribution in [0.5, 0.6) is 0 Å². The highest BCUT2D eigenvalue weighted by molar-refractivity contribution is 5.77. The van der Waals surface area contributed by atoms with Crippen LogP contribution in [0.15, 0.2) is 18.5 Å². The van der Waals surface area contributed by atoms with Crippen LogP contribution in [0.25, 0.3) is 5.52 Å². The fourth-order valence-electron chi connectivity index (χ4n) is 1.78. The highest BCUT2D eigenvalue weighted by Gasteiger charge is 2.14. The molecule has 0 radical (unpaired) electrons. The SMILES string of the molecule is CC(C)c1cc2c(N(C)CC(=O)O)nccn2n1. The molecule has 0 saturated heterocycles. The molecule has 2 heterocycles. The van der Waals surface area contributed by atoms with Crippen molar-refractivity contribution in [2.45, 2.75) is 19.8 Å². The van der Waals surface area contributed by atoms with E-state index in [1.165, 1.54) is 0 Å². The van der Waals surface area contributed by atoms with Gasteiger partial charge in [-0.15, -0.1) is 0 Å². The van der Waals surface area contributed by atoms with Crippen LogP contribution in [-0.4, -0.2) is 39.3 Å². The number of hydrogen-bond donors (Lipinski definition) is 1. The molecule has 0 spiro atoms. The Hall–Kier alpha value is -2.11. The number of fused-ring (bicyclic) bond motifs is 1. The van der Waals surface area contributed by atoms with E-state index in [2.05, 4.69) is 23.9 Å². The Morgan fingerprint density at radius 3 is 2.89 bits per heavy atom. The standard InChI is InChI=1S/C12H16N4O2/c1-8(2)9-6-10-12(15(3)7-11(17)18)13-4-5-16(10)14-9/h4-6,8H,7H2,1-3H3,(H,17,18). The summed E-state index contributed by atoms with van der Waals surface area (Å²) in [5.41, 5.74) is 1.79. The average Bonchev–Trinajstić information content (AvgIpc) is 2.71. The number of carboxylic acids is 1. The van der Waals surface area contributed by atoms with Crippen LogP contribution < -0.4 is 4.90 Å². The largest absolute Gasteiger partial charge is 0.480 e. The zero-order chi connectivity index (χ0) is 13.3. The van der Waals surface area contributed by atoms with Crippen LogP contribution in [0.3, 0.4) is 0 Å². The lowest BCUT2D eigenvalue weighted by molar-refractivity contribution is -0.135.